The first-order chi connectivity index (χ1) is 13.2. The van der Waals surface area contributed by atoms with E-state index in [1.165, 1.54) is 19.1 Å². The number of amides is 1. The Morgan fingerprint density at radius 2 is 2.00 bits per heavy atom. The fourth-order valence-electron chi connectivity index (χ4n) is 3.11. The van der Waals surface area contributed by atoms with Crippen LogP contribution in [0.15, 0.2) is 24.3 Å². The molecular formula is C19H20ClN3O5. The molecule has 3 rings (SSSR count). The first-order valence-electron chi connectivity index (χ1n) is 8.83. The summed E-state index contributed by atoms with van der Waals surface area (Å²) >= 11 is 5.98. The van der Waals surface area contributed by atoms with E-state index >= 15 is 0 Å². The first kappa shape index (κ1) is 19.9. The van der Waals surface area contributed by atoms with Crippen LogP contribution in [0.3, 0.4) is 0 Å². The summed E-state index contributed by atoms with van der Waals surface area (Å²) in [6, 6.07) is 5.89. The van der Waals surface area contributed by atoms with Crippen molar-refractivity contribution in [3.8, 4) is 0 Å². The number of ether oxygens (including phenoxy) is 1. The van der Waals surface area contributed by atoms with E-state index in [1.54, 1.807) is 6.07 Å². The highest BCUT2D eigenvalue weighted by molar-refractivity contribution is 6.33. The Morgan fingerprint density at radius 1 is 1.32 bits per heavy atom. The summed E-state index contributed by atoms with van der Waals surface area (Å²) in [7, 11) is 0. The summed E-state index contributed by atoms with van der Waals surface area (Å²) < 4.78 is 7.41. The lowest BCUT2D eigenvalue weighted by atomic mass is 10.2. The topological polar surface area (TPSA) is 103 Å². The summed E-state index contributed by atoms with van der Waals surface area (Å²) in [6.07, 6.45) is 1.08. The summed E-state index contributed by atoms with van der Waals surface area (Å²) in [5.74, 6) is -1.22. The van der Waals surface area contributed by atoms with Crippen LogP contribution in [0.5, 0.6) is 0 Å². The van der Waals surface area contributed by atoms with Gasteiger partial charge in [-0.05, 0) is 45.7 Å². The minimum Gasteiger partial charge on any atom is -0.449 e. The number of carbonyl (C=O) groups is 2. The second-order valence-corrected chi connectivity index (χ2v) is 7.25. The normalized spacial score (nSPS) is 14.4. The van der Waals surface area contributed by atoms with Gasteiger partial charge in [0, 0.05) is 29.6 Å². The second-order valence-electron chi connectivity index (χ2n) is 6.84. The molecule has 0 spiro atoms. The van der Waals surface area contributed by atoms with E-state index < -0.39 is 22.9 Å². The quantitative estimate of drug-likeness (QED) is 0.441. The van der Waals surface area contributed by atoms with E-state index in [0.29, 0.717) is 11.6 Å². The number of aromatic nitrogens is 1. The number of aryl methyl sites for hydroxylation is 1. The smallest absolute Gasteiger partial charge is 0.340 e. The largest absolute Gasteiger partial charge is 0.449 e. The number of nitro groups is 1. The van der Waals surface area contributed by atoms with Gasteiger partial charge in [-0.1, -0.05) is 11.6 Å². The van der Waals surface area contributed by atoms with Crippen molar-refractivity contribution in [2.75, 3.05) is 5.32 Å². The van der Waals surface area contributed by atoms with Crippen LogP contribution in [0.4, 0.5) is 11.4 Å². The van der Waals surface area contributed by atoms with Gasteiger partial charge in [-0.25, -0.2) is 4.79 Å². The Hall–Kier alpha value is -2.87. The number of halogens is 1. The van der Waals surface area contributed by atoms with Crippen LogP contribution >= 0.6 is 11.6 Å². The molecule has 0 saturated heterocycles. The fraction of sp³-hybridized carbons (Fsp3) is 0.368. The molecule has 0 bridgehead atoms. The van der Waals surface area contributed by atoms with Gasteiger partial charge in [0.2, 0.25) is 0 Å². The molecule has 1 aliphatic carbocycles. The third-order valence-electron chi connectivity index (χ3n) is 4.69. The zero-order valence-corrected chi connectivity index (χ0v) is 16.4. The van der Waals surface area contributed by atoms with E-state index in [0.717, 1.165) is 30.3 Å². The molecule has 9 heteroatoms. The molecule has 1 atom stereocenters. The molecule has 28 heavy (non-hydrogen) atoms. The number of anilines is 1. The van der Waals surface area contributed by atoms with Crippen molar-refractivity contribution in [1.82, 2.24) is 4.57 Å². The highest BCUT2D eigenvalue weighted by atomic mass is 35.5. The molecule has 0 radical (unpaired) electrons. The fourth-order valence-corrected chi connectivity index (χ4v) is 3.28. The summed E-state index contributed by atoms with van der Waals surface area (Å²) in [5.41, 5.74) is 2.09. The van der Waals surface area contributed by atoms with Crippen molar-refractivity contribution in [3.63, 3.8) is 0 Å². The number of nitrogens with one attached hydrogen (secondary N) is 1. The average molecular weight is 406 g/mol. The van der Waals surface area contributed by atoms with Crippen molar-refractivity contribution in [3.05, 3.63) is 56.4 Å². The van der Waals surface area contributed by atoms with Crippen LogP contribution in [0, 0.1) is 24.0 Å². The van der Waals surface area contributed by atoms with Gasteiger partial charge >= 0.3 is 5.97 Å². The van der Waals surface area contributed by atoms with Gasteiger partial charge in [0.05, 0.1) is 21.2 Å². The van der Waals surface area contributed by atoms with Crippen molar-refractivity contribution in [2.24, 2.45) is 0 Å². The highest BCUT2D eigenvalue weighted by Gasteiger charge is 2.30. The third kappa shape index (κ3) is 4.01. The highest BCUT2D eigenvalue weighted by Crippen LogP contribution is 2.38. The number of non-ortho nitro benzene ring substituents is 1. The third-order valence-corrected chi connectivity index (χ3v) is 5.02. The zero-order valence-electron chi connectivity index (χ0n) is 15.7. The average Bonchev–Trinajstić information content (AvgIpc) is 3.41. The number of nitro benzene ring substituents is 1. The number of nitrogens with zero attached hydrogens (tertiary/aromatic N) is 2. The van der Waals surface area contributed by atoms with Crippen LogP contribution in [-0.2, 0) is 9.53 Å². The van der Waals surface area contributed by atoms with Crippen LogP contribution in [-0.4, -0.2) is 27.5 Å². The Balaban J connectivity index is 1.69. The van der Waals surface area contributed by atoms with Crippen molar-refractivity contribution < 1.29 is 19.2 Å². The van der Waals surface area contributed by atoms with Gasteiger partial charge < -0.3 is 14.6 Å². The maximum absolute atomic E-state index is 12.5. The minimum absolute atomic E-state index is 0.0793. The summed E-state index contributed by atoms with van der Waals surface area (Å²) in [4.78, 5) is 35.2. The Labute approximate surface area is 166 Å². The zero-order chi connectivity index (χ0) is 20.6. The number of carbonyl (C=O) groups excluding carboxylic acids is 2. The molecule has 1 aromatic heterocycles. The maximum atomic E-state index is 12.5. The molecule has 1 aliphatic rings. The number of rotatable bonds is 6. The standard InChI is InChI=1S/C19H20ClN3O5/c1-10-8-15(11(2)22(10)13-4-5-13)19(25)28-12(3)18(24)21-17-9-14(23(26)27)6-7-16(17)20/h6-9,12-13H,4-5H2,1-3H3,(H,21,24). The minimum atomic E-state index is -1.10. The predicted octanol–water partition coefficient (Wildman–Crippen LogP) is 4.19. The number of hydrogen-bond acceptors (Lipinski definition) is 5. The molecule has 2 aromatic rings. The molecule has 1 heterocycles. The Bertz CT molecular complexity index is 965. The van der Waals surface area contributed by atoms with Gasteiger partial charge in [-0.3, -0.25) is 14.9 Å². The van der Waals surface area contributed by atoms with E-state index in [4.69, 9.17) is 16.3 Å². The van der Waals surface area contributed by atoms with Gasteiger partial charge in [-0.15, -0.1) is 0 Å². The van der Waals surface area contributed by atoms with Crippen LogP contribution in [0.2, 0.25) is 5.02 Å². The summed E-state index contributed by atoms with van der Waals surface area (Å²) in [6.45, 7) is 5.22. The van der Waals surface area contributed by atoms with Gasteiger partial charge in [0.15, 0.2) is 6.10 Å². The molecule has 1 unspecified atom stereocenters. The molecule has 1 N–H and O–H groups in total. The van der Waals surface area contributed by atoms with E-state index in [2.05, 4.69) is 9.88 Å². The van der Waals surface area contributed by atoms with Gasteiger partial charge in [0.25, 0.3) is 11.6 Å². The molecule has 1 aromatic carbocycles. The van der Waals surface area contributed by atoms with E-state index in [-0.39, 0.29) is 16.4 Å². The van der Waals surface area contributed by atoms with Crippen LogP contribution < -0.4 is 5.32 Å². The monoisotopic (exact) mass is 405 g/mol. The molecule has 8 nitrogen and oxygen atoms in total. The van der Waals surface area contributed by atoms with E-state index in [1.807, 2.05) is 13.8 Å². The number of benzene rings is 1. The lowest BCUT2D eigenvalue weighted by Crippen LogP contribution is -2.30. The molecule has 1 fully saturated rings. The lowest BCUT2D eigenvalue weighted by molar-refractivity contribution is -0.384. The first-order valence-corrected chi connectivity index (χ1v) is 9.21. The van der Waals surface area contributed by atoms with Gasteiger partial charge in [0.1, 0.15) is 0 Å². The molecule has 1 saturated carbocycles. The van der Waals surface area contributed by atoms with Gasteiger partial charge in [-0.2, -0.15) is 0 Å². The SMILES string of the molecule is Cc1cc(C(=O)OC(C)C(=O)Nc2cc([N+](=O)[O-])ccc2Cl)c(C)n1C1CC1. The van der Waals surface area contributed by atoms with E-state index in [9.17, 15) is 19.7 Å². The Morgan fingerprint density at radius 3 is 2.61 bits per heavy atom. The molecule has 1 amide bonds. The van der Waals surface area contributed by atoms with Crippen LogP contribution in [0.25, 0.3) is 0 Å². The molecule has 0 aliphatic heterocycles. The predicted molar refractivity (Wildman–Crippen MR) is 104 cm³/mol. The van der Waals surface area contributed by atoms with Crippen LogP contribution in [0.1, 0.15) is 47.6 Å². The lowest BCUT2D eigenvalue weighted by Gasteiger charge is -2.14. The number of esters is 1. The Kier molecular flexibility index (Phi) is 5.42. The summed E-state index contributed by atoms with van der Waals surface area (Å²) in [5, 5.41) is 13.5. The van der Waals surface area contributed by atoms with Crippen molar-refractivity contribution in [2.45, 2.75) is 45.8 Å². The second kappa shape index (κ2) is 7.63. The number of hydrogen-bond donors (Lipinski definition) is 1. The van der Waals surface area contributed by atoms with Crippen molar-refractivity contribution >= 4 is 34.9 Å². The van der Waals surface area contributed by atoms with Crippen molar-refractivity contribution in [1.29, 1.82) is 0 Å². The molecule has 148 valence electrons. The maximum Gasteiger partial charge on any atom is 0.340 e. The molecular weight excluding hydrogens is 386 g/mol.